The van der Waals surface area contributed by atoms with Crippen LogP contribution in [-0.2, 0) is 9.59 Å². The van der Waals surface area contributed by atoms with Crippen molar-refractivity contribution < 1.29 is 14.7 Å². The molecule has 0 spiro atoms. The molecule has 0 radical (unpaired) electrons. The Morgan fingerprint density at radius 2 is 1.73 bits per heavy atom. The average Bonchev–Trinajstić information content (AvgIpc) is 2.17. The van der Waals surface area contributed by atoms with Crippen LogP contribution in [0.3, 0.4) is 0 Å². The van der Waals surface area contributed by atoms with Gasteiger partial charge in [0.1, 0.15) is 5.78 Å². The molecule has 1 saturated carbocycles. The molecule has 0 aromatic heterocycles. The van der Waals surface area contributed by atoms with Gasteiger partial charge in [0, 0.05) is 11.8 Å². The van der Waals surface area contributed by atoms with Crippen molar-refractivity contribution in [2.45, 2.75) is 46.5 Å². The Labute approximate surface area is 90.9 Å². The molecule has 0 unspecified atom stereocenters. The Morgan fingerprint density at radius 3 is 2.07 bits per heavy atom. The Hall–Kier alpha value is -0.860. The van der Waals surface area contributed by atoms with Gasteiger partial charge in [0.2, 0.25) is 0 Å². The number of carboxylic acids is 1. The third-order valence-corrected chi connectivity index (χ3v) is 3.58. The van der Waals surface area contributed by atoms with Crippen molar-refractivity contribution in [2.24, 2.45) is 17.3 Å². The van der Waals surface area contributed by atoms with E-state index in [1.54, 1.807) is 6.92 Å². The minimum Gasteiger partial charge on any atom is -0.481 e. The maximum atomic E-state index is 11.7. The van der Waals surface area contributed by atoms with Crippen LogP contribution in [-0.4, -0.2) is 16.9 Å². The lowest BCUT2D eigenvalue weighted by Crippen LogP contribution is -2.35. The molecule has 1 aliphatic carbocycles. The van der Waals surface area contributed by atoms with E-state index in [0.29, 0.717) is 18.6 Å². The lowest BCUT2D eigenvalue weighted by atomic mass is 9.70. The fraction of sp³-hybridized carbons (Fsp3) is 0.833. The van der Waals surface area contributed by atoms with E-state index in [-0.39, 0.29) is 11.8 Å². The van der Waals surface area contributed by atoms with Crippen LogP contribution in [0.2, 0.25) is 0 Å². The Balaban J connectivity index is 2.56. The maximum absolute atomic E-state index is 11.7. The topological polar surface area (TPSA) is 54.4 Å². The molecule has 0 atom stereocenters. The summed E-state index contributed by atoms with van der Waals surface area (Å²) in [6.07, 6.45) is 2.73. The van der Waals surface area contributed by atoms with Gasteiger partial charge in [-0.05, 0) is 32.6 Å². The summed E-state index contributed by atoms with van der Waals surface area (Å²) in [5.41, 5.74) is -0.603. The van der Waals surface area contributed by atoms with E-state index >= 15 is 0 Å². The van der Waals surface area contributed by atoms with Crippen molar-refractivity contribution in [3.05, 3.63) is 0 Å². The molecule has 0 amide bonds. The first-order valence-corrected chi connectivity index (χ1v) is 5.64. The molecule has 1 N–H and O–H groups in total. The Morgan fingerprint density at radius 1 is 1.27 bits per heavy atom. The second-order valence-corrected chi connectivity index (χ2v) is 5.20. The zero-order chi connectivity index (χ0) is 11.6. The summed E-state index contributed by atoms with van der Waals surface area (Å²) in [6.45, 7) is 5.60. The van der Waals surface area contributed by atoms with E-state index in [1.165, 1.54) is 0 Å². The summed E-state index contributed by atoms with van der Waals surface area (Å²) in [4.78, 5) is 22.7. The fourth-order valence-corrected chi connectivity index (χ4v) is 2.22. The SMILES string of the molecule is CC(C)C(=O)C1CCC(C)(C(=O)O)CC1. The van der Waals surface area contributed by atoms with Crippen LogP contribution in [0.4, 0.5) is 0 Å². The standard InChI is InChI=1S/C12H20O3/c1-8(2)10(13)9-4-6-12(3,7-5-9)11(14)15/h8-9H,4-7H2,1-3H3,(H,14,15). The predicted molar refractivity (Wildman–Crippen MR) is 57.5 cm³/mol. The number of rotatable bonds is 3. The number of hydrogen-bond acceptors (Lipinski definition) is 2. The van der Waals surface area contributed by atoms with E-state index in [1.807, 2.05) is 13.8 Å². The lowest BCUT2D eigenvalue weighted by Gasteiger charge is -2.33. The predicted octanol–water partition coefficient (Wildman–Crippen LogP) is 2.49. The zero-order valence-electron chi connectivity index (χ0n) is 9.75. The minimum atomic E-state index is -0.724. The van der Waals surface area contributed by atoms with Crippen LogP contribution in [0.25, 0.3) is 0 Å². The first kappa shape index (κ1) is 12.2. The van der Waals surface area contributed by atoms with Crippen molar-refractivity contribution >= 4 is 11.8 Å². The summed E-state index contributed by atoms with van der Waals surface area (Å²) in [5, 5.41) is 9.05. The van der Waals surface area contributed by atoms with Gasteiger partial charge in [-0.25, -0.2) is 0 Å². The van der Waals surface area contributed by atoms with Crippen LogP contribution in [0.5, 0.6) is 0 Å². The van der Waals surface area contributed by atoms with Crippen molar-refractivity contribution in [2.75, 3.05) is 0 Å². The van der Waals surface area contributed by atoms with Crippen molar-refractivity contribution in [1.82, 2.24) is 0 Å². The summed E-state index contributed by atoms with van der Waals surface area (Å²) in [7, 11) is 0. The number of Topliss-reactive ketones (excluding diaryl/α,β-unsaturated/α-hetero) is 1. The van der Waals surface area contributed by atoms with E-state index in [0.717, 1.165) is 12.8 Å². The number of carbonyl (C=O) groups excluding carboxylic acids is 1. The quantitative estimate of drug-likeness (QED) is 0.782. The summed E-state index contributed by atoms with van der Waals surface area (Å²) < 4.78 is 0. The number of carboxylic acid groups (broad SMARTS) is 1. The van der Waals surface area contributed by atoms with Gasteiger partial charge in [0.25, 0.3) is 0 Å². The van der Waals surface area contributed by atoms with E-state index < -0.39 is 11.4 Å². The molecule has 1 rings (SSSR count). The van der Waals surface area contributed by atoms with Crippen molar-refractivity contribution in [3.8, 4) is 0 Å². The number of ketones is 1. The molecule has 0 aromatic rings. The van der Waals surface area contributed by atoms with Crippen molar-refractivity contribution in [3.63, 3.8) is 0 Å². The highest BCUT2D eigenvalue weighted by molar-refractivity contribution is 5.83. The van der Waals surface area contributed by atoms with Crippen LogP contribution in [0.15, 0.2) is 0 Å². The highest BCUT2D eigenvalue weighted by atomic mass is 16.4. The third-order valence-electron chi connectivity index (χ3n) is 3.58. The fourth-order valence-electron chi connectivity index (χ4n) is 2.22. The van der Waals surface area contributed by atoms with Gasteiger partial charge in [-0.2, -0.15) is 0 Å². The largest absolute Gasteiger partial charge is 0.481 e. The van der Waals surface area contributed by atoms with Gasteiger partial charge in [0.15, 0.2) is 0 Å². The molecule has 86 valence electrons. The molecular formula is C12H20O3. The monoisotopic (exact) mass is 212 g/mol. The van der Waals surface area contributed by atoms with Gasteiger partial charge in [-0.1, -0.05) is 13.8 Å². The molecule has 15 heavy (non-hydrogen) atoms. The molecule has 0 aliphatic heterocycles. The second-order valence-electron chi connectivity index (χ2n) is 5.20. The number of hydrogen-bond donors (Lipinski definition) is 1. The highest BCUT2D eigenvalue weighted by Crippen LogP contribution is 2.39. The number of aliphatic carboxylic acids is 1. The molecule has 0 saturated heterocycles. The van der Waals surface area contributed by atoms with Gasteiger partial charge < -0.3 is 5.11 Å². The molecule has 0 bridgehead atoms. The summed E-state index contributed by atoms with van der Waals surface area (Å²) in [6, 6.07) is 0. The van der Waals surface area contributed by atoms with Gasteiger partial charge >= 0.3 is 5.97 Å². The van der Waals surface area contributed by atoms with Crippen LogP contribution in [0.1, 0.15) is 46.5 Å². The second kappa shape index (κ2) is 4.33. The minimum absolute atomic E-state index is 0.0733. The number of carbonyl (C=O) groups is 2. The van der Waals surface area contributed by atoms with Crippen LogP contribution in [0, 0.1) is 17.3 Å². The molecule has 0 heterocycles. The normalized spacial score (nSPS) is 31.6. The zero-order valence-corrected chi connectivity index (χ0v) is 9.75. The van der Waals surface area contributed by atoms with Crippen LogP contribution < -0.4 is 0 Å². The lowest BCUT2D eigenvalue weighted by molar-refractivity contribution is -0.151. The van der Waals surface area contributed by atoms with E-state index in [9.17, 15) is 9.59 Å². The molecule has 3 nitrogen and oxygen atoms in total. The Bertz CT molecular complexity index is 260. The molecule has 3 heteroatoms. The third kappa shape index (κ3) is 2.58. The van der Waals surface area contributed by atoms with Crippen molar-refractivity contribution in [1.29, 1.82) is 0 Å². The molecular weight excluding hydrogens is 192 g/mol. The van der Waals surface area contributed by atoms with Gasteiger partial charge in [-0.15, -0.1) is 0 Å². The van der Waals surface area contributed by atoms with Gasteiger partial charge in [0.05, 0.1) is 5.41 Å². The van der Waals surface area contributed by atoms with Gasteiger partial charge in [-0.3, -0.25) is 9.59 Å². The summed E-state index contributed by atoms with van der Waals surface area (Å²) >= 11 is 0. The molecule has 0 aromatic carbocycles. The summed E-state index contributed by atoms with van der Waals surface area (Å²) in [5.74, 6) is -0.262. The van der Waals surface area contributed by atoms with Crippen LogP contribution >= 0.6 is 0 Å². The smallest absolute Gasteiger partial charge is 0.309 e. The highest BCUT2D eigenvalue weighted by Gasteiger charge is 2.39. The first-order chi connectivity index (χ1) is 6.87. The molecule has 1 aliphatic rings. The van der Waals surface area contributed by atoms with E-state index in [2.05, 4.69) is 0 Å². The van der Waals surface area contributed by atoms with E-state index in [4.69, 9.17) is 5.11 Å². The molecule has 1 fully saturated rings. The maximum Gasteiger partial charge on any atom is 0.309 e. The Kier molecular flexibility index (Phi) is 3.53. The average molecular weight is 212 g/mol. The first-order valence-electron chi connectivity index (χ1n) is 5.64.